The summed E-state index contributed by atoms with van der Waals surface area (Å²) in [5.74, 6) is 0. The van der Waals surface area contributed by atoms with E-state index in [1.807, 2.05) is 25.1 Å². The van der Waals surface area contributed by atoms with Gasteiger partial charge in [0.05, 0.1) is 5.69 Å². The number of hydrogen-bond donors (Lipinski definition) is 0. The average Bonchev–Trinajstić information content (AvgIpc) is 2.14. The van der Waals surface area contributed by atoms with Crippen molar-refractivity contribution in [1.82, 2.24) is 4.98 Å². The number of oxime groups is 1. The van der Waals surface area contributed by atoms with Crippen molar-refractivity contribution in [3.8, 4) is 0 Å². The Morgan fingerprint density at radius 2 is 2.07 bits per heavy atom. The molecule has 1 rings (SSSR count). The maximum atomic E-state index is 5.43. The van der Waals surface area contributed by atoms with Crippen LogP contribution >= 0.6 is 0 Å². The van der Waals surface area contributed by atoms with Crippen LogP contribution in [0.5, 0.6) is 0 Å². The fraction of sp³-hybridized carbons (Fsp3) is 0.400. The van der Waals surface area contributed by atoms with Crippen LogP contribution in [0.25, 0.3) is 0 Å². The summed E-state index contributed by atoms with van der Waals surface area (Å²) in [6.07, 6.45) is 1.75. The molecule has 0 saturated heterocycles. The number of nitrogens with zero attached hydrogens (tertiary/aromatic N) is 2. The van der Waals surface area contributed by atoms with Crippen LogP contribution in [-0.4, -0.2) is 19.0 Å². The molecule has 0 unspecified atom stereocenters. The zero-order chi connectivity index (χ0) is 10.6. The Hall–Kier alpha value is -1.16. The first kappa shape index (κ1) is 10.9. The second kappa shape index (κ2) is 4.37. The fourth-order valence-corrected chi connectivity index (χ4v) is 1.24. The highest BCUT2D eigenvalue weighted by Crippen LogP contribution is 2.05. The van der Waals surface area contributed by atoms with E-state index in [0.29, 0.717) is 0 Å². The van der Waals surface area contributed by atoms with Crippen LogP contribution in [-0.2, 0) is 4.53 Å². The van der Waals surface area contributed by atoms with Gasteiger partial charge in [0, 0.05) is 6.20 Å². The lowest BCUT2D eigenvalue weighted by molar-refractivity contribution is 0.335. The number of pyridine rings is 1. The van der Waals surface area contributed by atoms with Crippen molar-refractivity contribution in [1.29, 1.82) is 0 Å². The van der Waals surface area contributed by atoms with Crippen molar-refractivity contribution in [2.45, 2.75) is 26.6 Å². The van der Waals surface area contributed by atoms with E-state index in [9.17, 15) is 0 Å². The van der Waals surface area contributed by atoms with Crippen molar-refractivity contribution in [3.05, 3.63) is 30.1 Å². The van der Waals surface area contributed by atoms with Gasteiger partial charge >= 0.3 is 0 Å². The Morgan fingerprint density at radius 1 is 1.36 bits per heavy atom. The highest BCUT2D eigenvalue weighted by Gasteiger charge is 2.16. The minimum absolute atomic E-state index is 0.827. The van der Waals surface area contributed by atoms with Gasteiger partial charge in [-0.2, -0.15) is 0 Å². The predicted octanol–water partition coefficient (Wildman–Crippen LogP) is 2.66. The Balaban J connectivity index is 2.71. The van der Waals surface area contributed by atoms with Gasteiger partial charge in [0.2, 0.25) is 0 Å². The summed E-state index contributed by atoms with van der Waals surface area (Å²) in [6.45, 7) is 8.20. The molecule has 0 aliphatic heterocycles. The molecule has 0 spiro atoms. The van der Waals surface area contributed by atoms with E-state index in [1.165, 1.54) is 0 Å². The third-order valence-corrected chi connectivity index (χ3v) is 2.13. The molecular formula is C10H16N2OSi. The zero-order valence-electron chi connectivity index (χ0n) is 9.11. The Labute approximate surface area is 85.9 Å². The van der Waals surface area contributed by atoms with Crippen molar-refractivity contribution < 1.29 is 4.53 Å². The maximum absolute atomic E-state index is 5.43. The maximum Gasteiger partial charge on any atom is 0.278 e. The van der Waals surface area contributed by atoms with Crippen molar-refractivity contribution in [2.24, 2.45) is 5.16 Å². The van der Waals surface area contributed by atoms with E-state index in [2.05, 4.69) is 29.8 Å². The van der Waals surface area contributed by atoms with Crippen LogP contribution in [0.4, 0.5) is 0 Å². The third-order valence-electron chi connectivity index (χ3n) is 1.49. The second-order valence-electron chi connectivity index (χ2n) is 4.10. The Morgan fingerprint density at radius 3 is 2.57 bits per heavy atom. The molecule has 0 aromatic carbocycles. The molecular weight excluding hydrogens is 192 g/mol. The highest BCUT2D eigenvalue weighted by atomic mass is 28.4. The van der Waals surface area contributed by atoms with Crippen LogP contribution in [0.15, 0.2) is 29.6 Å². The van der Waals surface area contributed by atoms with Gasteiger partial charge in [0.1, 0.15) is 5.71 Å². The SMILES string of the molecule is CC(=NO[Si](C)(C)C)c1ccccn1. The number of rotatable bonds is 3. The summed E-state index contributed by atoms with van der Waals surface area (Å²) in [6, 6.07) is 5.75. The first-order valence-corrected chi connectivity index (χ1v) is 8.04. The first-order chi connectivity index (χ1) is 6.49. The molecule has 14 heavy (non-hydrogen) atoms. The first-order valence-electron chi connectivity index (χ1n) is 4.63. The summed E-state index contributed by atoms with van der Waals surface area (Å²) in [4.78, 5) is 4.18. The molecule has 3 nitrogen and oxygen atoms in total. The number of aromatic nitrogens is 1. The highest BCUT2D eigenvalue weighted by molar-refractivity contribution is 6.69. The third kappa shape index (κ3) is 3.70. The molecule has 76 valence electrons. The minimum Gasteiger partial charge on any atom is -0.455 e. The van der Waals surface area contributed by atoms with Crippen LogP contribution in [0.1, 0.15) is 12.6 Å². The molecule has 1 aromatic rings. The largest absolute Gasteiger partial charge is 0.455 e. The van der Waals surface area contributed by atoms with Gasteiger partial charge in [-0.25, -0.2) is 0 Å². The Kier molecular flexibility index (Phi) is 3.41. The lowest BCUT2D eigenvalue weighted by Gasteiger charge is -2.13. The average molecular weight is 208 g/mol. The molecule has 0 N–H and O–H groups in total. The van der Waals surface area contributed by atoms with Gasteiger partial charge in [-0.1, -0.05) is 6.07 Å². The van der Waals surface area contributed by atoms with Gasteiger partial charge in [-0.15, -0.1) is 5.16 Å². The van der Waals surface area contributed by atoms with Gasteiger partial charge in [0.25, 0.3) is 8.32 Å². The lowest BCUT2D eigenvalue weighted by atomic mass is 10.3. The van der Waals surface area contributed by atoms with Gasteiger partial charge in [-0.05, 0) is 38.7 Å². The quantitative estimate of drug-likeness (QED) is 0.435. The molecule has 0 radical (unpaired) electrons. The van der Waals surface area contributed by atoms with Crippen LogP contribution in [0.2, 0.25) is 19.6 Å². The molecule has 0 bridgehead atoms. The minimum atomic E-state index is -1.57. The lowest BCUT2D eigenvalue weighted by Crippen LogP contribution is -2.23. The second-order valence-corrected chi connectivity index (χ2v) is 8.50. The molecule has 1 aromatic heterocycles. The van der Waals surface area contributed by atoms with Gasteiger partial charge in [-0.3, -0.25) is 4.98 Å². The molecule has 4 heteroatoms. The van der Waals surface area contributed by atoms with Crippen LogP contribution in [0, 0.1) is 0 Å². The van der Waals surface area contributed by atoms with E-state index >= 15 is 0 Å². The topological polar surface area (TPSA) is 34.5 Å². The summed E-state index contributed by atoms with van der Waals surface area (Å²) >= 11 is 0. The van der Waals surface area contributed by atoms with Gasteiger partial charge in [0.15, 0.2) is 0 Å². The van der Waals surface area contributed by atoms with Gasteiger partial charge < -0.3 is 4.53 Å². The van der Waals surface area contributed by atoms with E-state index in [1.54, 1.807) is 6.20 Å². The van der Waals surface area contributed by atoms with E-state index in [0.717, 1.165) is 11.4 Å². The van der Waals surface area contributed by atoms with Crippen LogP contribution in [0.3, 0.4) is 0 Å². The molecule has 0 fully saturated rings. The summed E-state index contributed by atoms with van der Waals surface area (Å²) in [5, 5.41) is 4.08. The van der Waals surface area contributed by atoms with E-state index in [4.69, 9.17) is 4.53 Å². The fourth-order valence-electron chi connectivity index (χ4n) is 0.829. The molecule has 1 heterocycles. The van der Waals surface area contributed by atoms with Crippen molar-refractivity contribution >= 4 is 14.0 Å². The Bertz CT molecular complexity index is 317. The molecule has 0 aliphatic rings. The molecule has 0 aliphatic carbocycles. The smallest absolute Gasteiger partial charge is 0.278 e. The molecule has 0 saturated carbocycles. The summed E-state index contributed by atoms with van der Waals surface area (Å²) in [7, 11) is -1.57. The van der Waals surface area contributed by atoms with Crippen molar-refractivity contribution in [2.75, 3.05) is 0 Å². The monoisotopic (exact) mass is 208 g/mol. The van der Waals surface area contributed by atoms with E-state index < -0.39 is 8.32 Å². The van der Waals surface area contributed by atoms with Crippen molar-refractivity contribution in [3.63, 3.8) is 0 Å². The summed E-state index contributed by atoms with van der Waals surface area (Å²) in [5.41, 5.74) is 1.69. The summed E-state index contributed by atoms with van der Waals surface area (Å²) < 4.78 is 5.43. The van der Waals surface area contributed by atoms with E-state index in [-0.39, 0.29) is 0 Å². The van der Waals surface area contributed by atoms with Crippen LogP contribution < -0.4 is 0 Å². The molecule has 0 amide bonds. The normalized spacial score (nSPS) is 12.7. The standard InChI is InChI=1S/C10H16N2OSi/c1-9(12-13-14(2,3)4)10-7-5-6-8-11-10/h5-8H,1-4H3. The number of hydrogen-bond acceptors (Lipinski definition) is 3. The molecule has 0 atom stereocenters. The predicted molar refractivity (Wildman–Crippen MR) is 60.9 cm³/mol. The zero-order valence-corrected chi connectivity index (χ0v) is 10.1.